The second-order valence-corrected chi connectivity index (χ2v) is 9.29. The van der Waals surface area contributed by atoms with Crippen molar-refractivity contribution in [2.24, 2.45) is 0 Å². The van der Waals surface area contributed by atoms with Crippen LogP contribution in [0.25, 0.3) is 0 Å². The SMILES string of the molecule is Cc1ccc(CN(C)C(=O)N2CCN(C(=O)N(c3ccccc3)c3ccccc3)CC2)s1. The highest BCUT2D eigenvalue weighted by Gasteiger charge is 2.29. The van der Waals surface area contributed by atoms with Crippen molar-refractivity contribution in [1.29, 1.82) is 0 Å². The molecule has 4 amide bonds. The molecule has 1 aromatic heterocycles. The van der Waals surface area contributed by atoms with Gasteiger partial charge in [0.2, 0.25) is 0 Å². The summed E-state index contributed by atoms with van der Waals surface area (Å²) in [7, 11) is 1.83. The zero-order chi connectivity index (χ0) is 22.5. The summed E-state index contributed by atoms with van der Waals surface area (Å²) in [6.45, 7) is 4.73. The van der Waals surface area contributed by atoms with Gasteiger partial charge in [-0.05, 0) is 43.3 Å². The van der Waals surface area contributed by atoms with Gasteiger partial charge >= 0.3 is 12.1 Å². The molecule has 1 saturated heterocycles. The molecule has 7 heteroatoms. The first-order chi connectivity index (χ1) is 15.5. The number of thiophene rings is 1. The molecule has 2 aromatic carbocycles. The second kappa shape index (κ2) is 9.87. The van der Waals surface area contributed by atoms with Crippen molar-refractivity contribution in [3.63, 3.8) is 0 Å². The summed E-state index contributed by atoms with van der Waals surface area (Å²) in [4.78, 5) is 36.0. The predicted octanol–water partition coefficient (Wildman–Crippen LogP) is 5.18. The van der Waals surface area contributed by atoms with Crippen molar-refractivity contribution in [1.82, 2.24) is 14.7 Å². The molecular weight excluding hydrogens is 420 g/mol. The number of hydrogen-bond acceptors (Lipinski definition) is 3. The number of hydrogen-bond donors (Lipinski definition) is 0. The predicted molar refractivity (Wildman–Crippen MR) is 129 cm³/mol. The maximum atomic E-state index is 13.5. The van der Waals surface area contributed by atoms with Crippen LogP contribution in [0.5, 0.6) is 0 Å². The summed E-state index contributed by atoms with van der Waals surface area (Å²) < 4.78 is 0. The van der Waals surface area contributed by atoms with E-state index >= 15 is 0 Å². The average Bonchev–Trinajstić information content (AvgIpc) is 3.24. The number of carbonyl (C=O) groups excluding carboxylic acids is 2. The van der Waals surface area contributed by atoms with Crippen molar-refractivity contribution < 1.29 is 9.59 Å². The number of urea groups is 2. The maximum absolute atomic E-state index is 13.5. The molecule has 2 heterocycles. The molecule has 3 aromatic rings. The zero-order valence-electron chi connectivity index (χ0n) is 18.5. The molecule has 1 aliphatic heterocycles. The van der Waals surface area contributed by atoms with Gasteiger partial charge in [-0.15, -0.1) is 11.3 Å². The molecule has 0 spiro atoms. The molecule has 1 fully saturated rings. The summed E-state index contributed by atoms with van der Waals surface area (Å²) in [6, 6.07) is 23.4. The van der Waals surface area contributed by atoms with Gasteiger partial charge in [-0.25, -0.2) is 9.59 Å². The fraction of sp³-hybridized carbons (Fsp3) is 0.280. The Labute approximate surface area is 193 Å². The molecule has 1 aliphatic rings. The number of benzene rings is 2. The van der Waals surface area contributed by atoms with Gasteiger partial charge in [0, 0.05) is 43.0 Å². The standard InChI is InChI=1S/C25H28N4O2S/c1-20-13-14-23(32-20)19-26(2)24(30)27-15-17-28(18-16-27)25(31)29(21-9-5-3-6-10-21)22-11-7-4-8-12-22/h3-14H,15-19H2,1-2H3. The van der Waals surface area contributed by atoms with Crippen LogP contribution in [0.1, 0.15) is 9.75 Å². The Morgan fingerprint density at radius 1 is 0.781 bits per heavy atom. The maximum Gasteiger partial charge on any atom is 0.329 e. The molecule has 0 aliphatic carbocycles. The molecule has 4 rings (SSSR count). The Bertz CT molecular complexity index is 1010. The minimum Gasteiger partial charge on any atom is -0.323 e. The van der Waals surface area contributed by atoms with Gasteiger partial charge in [0.05, 0.1) is 17.9 Å². The van der Waals surface area contributed by atoms with Crippen molar-refractivity contribution in [2.75, 3.05) is 38.1 Å². The third-order valence-corrected chi connectivity index (χ3v) is 6.54. The van der Waals surface area contributed by atoms with Crippen LogP contribution in [0.4, 0.5) is 21.0 Å². The first-order valence-electron chi connectivity index (χ1n) is 10.8. The minimum absolute atomic E-state index is 0.00567. The molecule has 0 radical (unpaired) electrons. The number of nitrogens with zero attached hydrogens (tertiary/aromatic N) is 4. The van der Waals surface area contributed by atoms with Gasteiger partial charge in [0.25, 0.3) is 0 Å². The van der Waals surface area contributed by atoms with E-state index in [-0.39, 0.29) is 12.1 Å². The highest BCUT2D eigenvalue weighted by Crippen LogP contribution is 2.27. The van der Waals surface area contributed by atoms with E-state index < -0.39 is 0 Å². The Balaban J connectivity index is 1.41. The fourth-order valence-corrected chi connectivity index (χ4v) is 4.81. The summed E-state index contributed by atoms with van der Waals surface area (Å²) in [6.07, 6.45) is 0. The summed E-state index contributed by atoms with van der Waals surface area (Å²) in [5.74, 6) is 0. The Hall–Kier alpha value is -3.32. The Kier molecular flexibility index (Phi) is 6.75. The highest BCUT2D eigenvalue weighted by molar-refractivity contribution is 7.11. The van der Waals surface area contributed by atoms with E-state index in [4.69, 9.17) is 0 Å². The van der Waals surface area contributed by atoms with Crippen molar-refractivity contribution >= 4 is 34.8 Å². The Morgan fingerprint density at radius 2 is 1.28 bits per heavy atom. The zero-order valence-corrected chi connectivity index (χ0v) is 19.3. The smallest absolute Gasteiger partial charge is 0.323 e. The molecule has 0 bridgehead atoms. The topological polar surface area (TPSA) is 47.1 Å². The Morgan fingerprint density at radius 3 is 1.75 bits per heavy atom. The number of piperazine rings is 1. The monoisotopic (exact) mass is 448 g/mol. The molecule has 0 N–H and O–H groups in total. The van der Waals surface area contributed by atoms with Crippen molar-refractivity contribution in [3.8, 4) is 0 Å². The van der Waals surface area contributed by atoms with E-state index in [2.05, 4.69) is 19.1 Å². The minimum atomic E-state index is -0.0723. The van der Waals surface area contributed by atoms with Crippen LogP contribution in [0.3, 0.4) is 0 Å². The van der Waals surface area contributed by atoms with Gasteiger partial charge in [0.15, 0.2) is 0 Å². The number of amides is 4. The first-order valence-corrected chi connectivity index (χ1v) is 11.6. The molecule has 6 nitrogen and oxygen atoms in total. The van der Waals surface area contributed by atoms with Crippen LogP contribution < -0.4 is 4.90 Å². The van der Waals surface area contributed by atoms with Crippen LogP contribution in [0, 0.1) is 6.92 Å². The van der Waals surface area contributed by atoms with Crippen LogP contribution in [0.2, 0.25) is 0 Å². The number of aryl methyl sites for hydroxylation is 1. The first kappa shape index (κ1) is 21.9. The van der Waals surface area contributed by atoms with Gasteiger partial charge < -0.3 is 14.7 Å². The lowest BCUT2D eigenvalue weighted by atomic mass is 10.2. The second-order valence-electron chi connectivity index (χ2n) is 7.91. The lowest BCUT2D eigenvalue weighted by Crippen LogP contribution is -2.55. The van der Waals surface area contributed by atoms with Crippen LogP contribution in [-0.2, 0) is 6.54 Å². The summed E-state index contributed by atoms with van der Waals surface area (Å²) in [5, 5.41) is 0. The summed E-state index contributed by atoms with van der Waals surface area (Å²) >= 11 is 1.71. The molecule has 0 unspecified atom stereocenters. The van der Waals surface area contributed by atoms with Gasteiger partial charge in [-0.3, -0.25) is 4.90 Å². The average molecular weight is 449 g/mol. The number of para-hydroxylation sites is 2. The number of anilines is 2. The lowest BCUT2D eigenvalue weighted by molar-refractivity contribution is 0.126. The van der Waals surface area contributed by atoms with Gasteiger partial charge in [-0.1, -0.05) is 36.4 Å². The quantitative estimate of drug-likeness (QED) is 0.552. The molecule has 166 valence electrons. The molecule has 32 heavy (non-hydrogen) atoms. The summed E-state index contributed by atoms with van der Waals surface area (Å²) in [5.41, 5.74) is 1.65. The fourth-order valence-electron chi connectivity index (χ4n) is 3.87. The third kappa shape index (κ3) is 4.94. The van der Waals surface area contributed by atoms with Crippen LogP contribution in [-0.4, -0.2) is 60.0 Å². The van der Waals surface area contributed by atoms with E-state index in [1.54, 1.807) is 21.1 Å². The van der Waals surface area contributed by atoms with Crippen LogP contribution in [0.15, 0.2) is 72.8 Å². The highest BCUT2D eigenvalue weighted by atomic mass is 32.1. The largest absolute Gasteiger partial charge is 0.329 e. The van der Waals surface area contributed by atoms with E-state index in [0.717, 1.165) is 11.4 Å². The molecule has 0 saturated carbocycles. The van der Waals surface area contributed by atoms with Crippen molar-refractivity contribution in [2.45, 2.75) is 13.5 Å². The van der Waals surface area contributed by atoms with Gasteiger partial charge in [-0.2, -0.15) is 0 Å². The number of carbonyl (C=O) groups is 2. The van der Waals surface area contributed by atoms with Gasteiger partial charge in [0.1, 0.15) is 0 Å². The normalized spacial score (nSPS) is 13.7. The van der Waals surface area contributed by atoms with Crippen LogP contribution >= 0.6 is 11.3 Å². The van der Waals surface area contributed by atoms with E-state index in [1.807, 2.05) is 77.5 Å². The van der Waals surface area contributed by atoms with Crippen molar-refractivity contribution in [3.05, 3.63) is 82.6 Å². The lowest BCUT2D eigenvalue weighted by Gasteiger charge is -2.38. The molecular formula is C25H28N4O2S. The van der Waals surface area contributed by atoms with E-state index in [0.29, 0.717) is 32.7 Å². The van der Waals surface area contributed by atoms with E-state index in [1.165, 1.54) is 9.75 Å². The third-order valence-electron chi connectivity index (χ3n) is 5.56. The number of rotatable bonds is 4. The van der Waals surface area contributed by atoms with E-state index in [9.17, 15) is 9.59 Å². The molecule has 0 atom stereocenters.